The second-order valence-electron chi connectivity index (χ2n) is 12.7. The molecule has 1 aliphatic heterocycles. The molecule has 0 bridgehead atoms. The van der Waals surface area contributed by atoms with Crippen LogP contribution in [-0.4, -0.2) is 85.9 Å². The van der Waals surface area contributed by atoms with E-state index in [1.165, 1.54) is 0 Å². The Labute approximate surface area is 314 Å². The minimum absolute atomic E-state index is 0.177. The van der Waals surface area contributed by atoms with Crippen LogP contribution in [0.3, 0.4) is 0 Å². The number of para-hydroxylation sites is 1. The molecule has 0 spiro atoms. The number of nitrogens with zero attached hydrogens (tertiary/aromatic N) is 6. The number of hydrogen-bond donors (Lipinski definition) is 7. The van der Waals surface area contributed by atoms with Crippen molar-refractivity contribution >= 4 is 33.1 Å². The smallest absolute Gasteiger partial charge is 0.189 e. The first-order chi connectivity index (χ1) is 26.9. The van der Waals surface area contributed by atoms with Gasteiger partial charge in [-0.05, 0) is 73.9 Å². The van der Waals surface area contributed by atoms with Crippen LogP contribution in [0.4, 0.5) is 0 Å². The third-order valence-electron chi connectivity index (χ3n) is 9.10. The predicted molar refractivity (Wildman–Crippen MR) is 208 cm³/mol. The summed E-state index contributed by atoms with van der Waals surface area (Å²) >= 11 is 0. The Hall–Kier alpha value is -7.10. The van der Waals surface area contributed by atoms with Gasteiger partial charge in [-0.15, -0.1) is 0 Å². The first-order valence-electron chi connectivity index (χ1n) is 18.1. The zero-order valence-corrected chi connectivity index (χ0v) is 30.7. The van der Waals surface area contributed by atoms with Crippen molar-refractivity contribution in [3.63, 3.8) is 0 Å². The highest BCUT2D eigenvalue weighted by molar-refractivity contribution is 5.87. The summed E-state index contributed by atoms with van der Waals surface area (Å²) in [6.07, 6.45) is 2.75. The molecule has 55 heavy (non-hydrogen) atoms. The van der Waals surface area contributed by atoms with E-state index in [0.29, 0.717) is 30.3 Å². The number of rotatable bonds is 7. The van der Waals surface area contributed by atoms with Crippen LogP contribution in [0.5, 0.6) is 23.0 Å². The molecule has 0 saturated heterocycles. The number of aromatic amines is 6. The molecule has 0 amide bonds. The number of aryl methyl sites for hydroxylation is 3. The van der Waals surface area contributed by atoms with Crippen LogP contribution < -0.4 is 14.2 Å². The third kappa shape index (κ3) is 7.16. The summed E-state index contributed by atoms with van der Waals surface area (Å²) < 4.78 is 16.4. The molecule has 16 nitrogen and oxygen atoms in total. The van der Waals surface area contributed by atoms with Crippen LogP contribution in [-0.2, 0) is 19.3 Å². The van der Waals surface area contributed by atoms with Crippen LogP contribution in [0.15, 0.2) is 66.7 Å². The van der Waals surface area contributed by atoms with Crippen molar-refractivity contribution in [1.82, 2.24) is 60.5 Å². The number of phenolic OH excluding ortho intramolecular Hbond substituents is 1. The Kier molecular flexibility index (Phi) is 9.60. The summed E-state index contributed by atoms with van der Waals surface area (Å²) in [6, 6.07) is 20.9. The minimum atomic E-state index is 0.177. The van der Waals surface area contributed by atoms with E-state index in [1.54, 1.807) is 19.2 Å². The summed E-state index contributed by atoms with van der Waals surface area (Å²) in [5, 5.41) is 31.3. The van der Waals surface area contributed by atoms with Gasteiger partial charge in [-0.1, -0.05) is 26.8 Å². The molecule has 0 atom stereocenters. The Morgan fingerprint density at radius 3 is 1.76 bits per heavy atom. The minimum Gasteiger partial charge on any atom is -0.506 e. The molecule has 9 aromatic rings. The maximum atomic E-state index is 9.67. The van der Waals surface area contributed by atoms with Gasteiger partial charge < -0.3 is 34.3 Å². The fourth-order valence-electron chi connectivity index (χ4n) is 6.07. The quantitative estimate of drug-likeness (QED) is 0.0884. The van der Waals surface area contributed by atoms with Crippen LogP contribution in [0.25, 0.3) is 67.7 Å². The molecule has 7 heterocycles. The summed E-state index contributed by atoms with van der Waals surface area (Å²) in [7, 11) is 1.65. The standard InChI is InChI=1S/C14H14N4O2.C13H14N4O.C12H12N4O/c1-2-8-7-10(18-17-8)14-15-9-3-4-11-13(12(9)16-14)20-6-5-19-11;1-3-8-6-12(17-16-8)13-14-10-5-4-9(18-2)7-11(10)15-13;1-2-7-6-9(16-15-7)12-13-8-4-3-5-10(17)11(8)14-12/h3-4,7H,2,5-6H2,1H3,(H,15,16)(H,17,18);4-7H,3H2,1-2H3,(H,14,15)(H,16,17);3-6,17H,2H2,1H3,(H,13,14)(H,15,16). The number of hydrogen-bond acceptors (Lipinski definition) is 10. The molecule has 0 aliphatic carbocycles. The van der Waals surface area contributed by atoms with Gasteiger partial charge in [0.25, 0.3) is 0 Å². The molecular weight excluding hydrogens is 701 g/mol. The second kappa shape index (κ2) is 15.1. The van der Waals surface area contributed by atoms with Crippen LogP contribution in [0, 0.1) is 0 Å². The largest absolute Gasteiger partial charge is 0.506 e. The van der Waals surface area contributed by atoms with Gasteiger partial charge in [-0.25, -0.2) is 15.0 Å². The van der Waals surface area contributed by atoms with Gasteiger partial charge in [0.2, 0.25) is 0 Å². The van der Waals surface area contributed by atoms with Gasteiger partial charge in [0.15, 0.2) is 29.0 Å². The number of imidazole rings is 3. The van der Waals surface area contributed by atoms with Crippen molar-refractivity contribution in [2.24, 2.45) is 0 Å². The molecule has 7 N–H and O–H groups in total. The molecule has 6 aromatic heterocycles. The van der Waals surface area contributed by atoms with Gasteiger partial charge >= 0.3 is 0 Å². The van der Waals surface area contributed by atoms with Gasteiger partial charge in [-0.3, -0.25) is 15.3 Å². The molecule has 16 heteroatoms. The summed E-state index contributed by atoms with van der Waals surface area (Å²) in [6.45, 7) is 7.35. The van der Waals surface area contributed by atoms with E-state index < -0.39 is 0 Å². The topological polar surface area (TPSA) is 220 Å². The average molecular weight is 741 g/mol. The fourth-order valence-corrected chi connectivity index (χ4v) is 6.07. The maximum Gasteiger partial charge on any atom is 0.189 e. The summed E-state index contributed by atoms with van der Waals surface area (Å²) in [5.41, 5.74) is 10.6. The fraction of sp³-hybridized carbons (Fsp3) is 0.231. The van der Waals surface area contributed by atoms with E-state index in [0.717, 1.165) is 104 Å². The van der Waals surface area contributed by atoms with Gasteiger partial charge in [0, 0.05) is 23.1 Å². The number of fused-ring (bicyclic) bond motifs is 5. The maximum absolute atomic E-state index is 9.67. The zero-order chi connectivity index (χ0) is 37.9. The van der Waals surface area contributed by atoms with Crippen molar-refractivity contribution in [2.45, 2.75) is 40.0 Å². The lowest BCUT2D eigenvalue weighted by Crippen LogP contribution is -2.15. The lowest BCUT2D eigenvalue weighted by atomic mass is 10.2. The van der Waals surface area contributed by atoms with Crippen molar-refractivity contribution in [3.05, 3.63) is 83.8 Å². The van der Waals surface area contributed by atoms with E-state index in [9.17, 15) is 5.11 Å². The highest BCUT2D eigenvalue weighted by Crippen LogP contribution is 2.37. The monoisotopic (exact) mass is 740 g/mol. The van der Waals surface area contributed by atoms with Crippen molar-refractivity contribution in [3.8, 4) is 57.6 Å². The number of phenols is 1. The first kappa shape index (κ1) is 35.0. The zero-order valence-electron chi connectivity index (χ0n) is 30.7. The summed E-state index contributed by atoms with van der Waals surface area (Å²) in [4.78, 5) is 23.1. The number of nitrogens with one attached hydrogen (secondary N) is 6. The Bertz CT molecular complexity index is 2710. The number of ether oxygens (including phenoxy) is 3. The van der Waals surface area contributed by atoms with Crippen molar-refractivity contribution in [1.29, 1.82) is 0 Å². The number of methoxy groups -OCH3 is 1. The molecule has 10 rings (SSSR count). The van der Waals surface area contributed by atoms with Gasteiger partial charge in [0.05, 0.1) is 29.2 Å². The lowest BCUT2D eigenvalue weighted by Gasteiger charge is -2.17. The first-order valence-corrected chi connectivity index (χ1v) is 18.1. The van der Waals surface area contributed by atoms with Crippen molar-refractivity contribution in [2.75, 3.05) is 20.3 Å². The molecule has 280 valence electrons. The molecule has 0 saturated carbocycles. The van der Waals surface area contributed by atoms with Crippen LogP contribution in [0.2, 0.25) is 0 Å². The van der Waals surface area contributed by atoms with E-state index in [-0.39, 0.29) is 5.75 Å². The molecule has 0 unspecified atom stereocenters. The average Bonchev–Trinajstić information content (AvgIpc) is 4.07. The number of aromatic hydroxyl groups is 1. The highest BCUT2D eigenvalue weighted by atomic mass is 16.6. The predicted octanol–water partition coefficient (Wildman–Crippen LogP) is 7.03. The van der Waals surface area contributed by atoms with E-state index >= 15 is 0 Å². The Morgan fingerprint density at radius 1 is 0.618 bits per heavy atom. The van der Waals surface area contributed by atoms with Crippen LogP contribution >= 0.6 is 0 Å². The van der Waals surface area contributed by atoms with Gasteiger partial charge in [-0.2, -0.15) is 15.3 Å². The Balaban J connectivity index is 0.000000117. The number of H-pyrrole nitrogens is 6. The third-order valence-corrected chi connectivity index (χ3v) is 9.10. The SMILES string of the molecule is CCc1cc(-c2nc3c(O)cccc3[nH]2)n[nH]1.CCc1cc(-c2nc3c4c(ccc3[nH]2)OCCO4)n[nH]1.CCc1cc(-c2nc3ccc(OC)cc3[nH]2)n[nH]1. The van der Waals surface area contributed by atoms with Crippen LogP contribution in [0.1, 0.15) is 37.9 Å². The number of aromatic nitrogens is 12. The molecule has 3 aromatic carbocycles. The van der Waals surface area contributed by atoms with E-state index in [1.807, 2.05) is 54.6 Å². The summed E-state index contributed by atoms with van der Waals surface area (Å²) in [5.74, 6) is 4.62. The van der Waals surface area contributed by atoms with E-state index in [4.69, 9.17) is 14.2 Å². The Morgan fingerprint density at radius 2 is 1.18 bits per heavy atom. The van der Waals surface area contributed by atoms with Gasteiger partial charge in [0.1, 0.15) is 52.8 Å². The number of benzene rings is 3. The second-order valence-corrected chi connectivity index (χ2v) is 12.7. The normalized spacial score (nSPS) is 12.1. The molecule has 1 aliphatic rings. The van der Waals surface area contributed by atoms with Crippen molar-refractivity contribution < 1.29 is 19.3 Å². The molecule has 0 radical (unpaired) electrons. The highest BCUT2D eigenvalue weighted by Gasteiger charge is 2.19. The molecular formula is C39H40N12O4. The molecule has 0 fully saturated rings. The van der Waals surface area contributed by atoms with E-state index in [2.05, 4.69) is 81.3 Å². The lowest BCUT2D eigenvalue weighted by molar-refractivity contribution is 0.173.